The van der Waals surface area contributed by atoms with Crippen LogP contribution in [-0.2, 0) is 14.3 Å². The highest BCUT2D eigenvalue weighted by atomic mass is 35.5. The number of fused-ring (bicyclic) bond motifs is 2. The topological polar surface area (TPSA) is 142 Å². The molecule has 3 heterocycles. The Morgan fingerprint density at radius 3 is 2.25 bits per heavy atom. The lowest BCUT2D eigenvalue weighted by molar-refractivity contribution is -0.128. The summed E-state index contributed by atoms with van der Waals surface area (Å²) in [6.07, 6.45) is -1.07. The van der Waals surface area contributed by atoms with E-state index in [0.717, 1.165) is 11.3 Å². The molecule has 0 aliphatic carbocycles. The predicted octanol–water partition coefficient (Wildman–Crippen LogP) is 7.13. The number of nitrogens with zero attached hydrogens (tertiary/aromatic N) is 6. The minimum Gasteiger partial charge on any atom is -0.444 e. The molecule has 4 aromatic rings. The second-order valence-corrected chi connectivity index (χ2v) is 15.6. The first kappa shape index (κ1) is 37.7. The zero-order valence-corrected chi connectivity index (χ0v) is 31.3. The monoisotopic (exact) mass is 746 g/mol. The van der Waals surface area contributed by atoms with E-state index in [1.54, 1.807) is 66.6 Å². The van der Waals surface area contributed by atoms with Crippen molar-refractivity contribution in [2.24, 2.45) is 0 Å². The van der Waals surface area contributed by atoms with Gasteiger partial charge in [0, 0.05) is 69.8 Å². The summed E-state index contributed by atoms with van der Waals surface area (Å²) in [5.74, 6) is -1.09. The Balaban J connectivity index is 1.56. The van der Waals surface area contributed by atoms with E-state index >= 15 is 8.78 Å². The largest absolute Gasteiger partial charge is 0.444 e. The molecule has 17 heteroatoms. The van der Waals surface area contributed by atoms with Crippen LogP contribution in [0.1, 0.15) is 48.0 Å². The Kier molecular flexibility index (Phi) is 10.8. The molecule has 51 heavy (non-hydrogen) atoms. The van der Waals surface area contributed by atoms with Crippen LogP contribution < -0.4 is 15.5 Å². The maximum Gasteiger partial charge on any atom is 0.413 e. The standard InChI is InChI=1S/C34H41ClF2N8O5S/c1-33(2,3)49-31(47)42-30-40-26-18(9-10-21(36)27(26)51-30)23-20(35)17-19-25(24(23)37)39-29(38-12-11-22(46)43(7)8)41-28(19)44-13-15-45(16-14-44)32(48)50-34(4,5)6/h9-10,17H,11-16H2,1-8H3,(H,38,39,41)(H,40,42,47). The van der Waals surface area contributed by atoms with E-state index in [4.69, 9.17) is 26.1 Å². The zero-order valence-electron chi connectivity index (χ0n) is 29.7. The lowest BCUT2D eigenvalue weighted by Crippen LogP contribution is -2.50. The number of ether oxygens (including phenoxy) is 2. The molecule has 274 valence electrons. The fraction of sp³-hybridized carbons (Fsp3) is 0.471. The molecule has 13 nitrogen and oxygen atoms in total. The molecule has 0 unspecified atom stereocenters. The number of piperazine rings is 1. The molecule has 0 spiro atoms. The van der Waals surface area contributed by atoms with Crippen molar-refractivity contribution >= 4 is 79.0 Å². The minimum atomic E-state index is -0.802. The van der Waals surface area contributed by atoms with Crippen molar-refractivity contribution in [2.45, 2.75) is 59.2 Å². The SMILES string of the molecule is CN(C)C(=O)CCNc1nc(N2CCN(C(=O)OC(C)(C)C)CC2)c2cc(Cl)c(-c3ccc(F)c4sc(NC(=O)OC(C)(C)C)nc34)c(F)c2n1. The van der Waals surface area contributed by atoms with Gasteiger partial charge in [-0.1, -0.05) is 22.9 Å². The molecule has 0 bridgehead atoms. The van der Waals surface area contributed by atoms with Gasteiger partial charge in [0.05, 0.1) is 15.2 Å². The minimum absolute atomic E-state index is 0.00269. The lowest BCUT2D eigenvalue weighted by Gasteiger charge is -2.36. The zero-order chi connectivity index (χ0) is 37.4. The molecule has 0 saturated carbocycles. The number of hydrogen-bond donors (Lipinski definition) is 2. The van der Waals surface area contributed by atoms with Crippen molar-refractivity contribution in [3.8, 4) is 11.1 Å². The number of thiazole rings is 1. The van der Waals surface area contributed by atoms with Gasteiger partial charge < -0.3 is 29.5 Å². The molecular weight excluding hydrogens is 706 g/mol. The van der Waals surface area contributed by atoms with Crippen LogP contribution in [0.5, 0.6) is 0 Å². The highest BCUT2D eigenvalue weighted by molar-refractivity contribution is 7.22. The van der Waals surface area contributed by atoms with E-state index in [0.29, 0.717) is 37.4 Å². The average Bonchev–Trinajstić information content (AvgIpc) is 3.44. The summed E-state index contributed by atoms with van der Waals surface area (Å²) >= 11 is 7.69. The van der Waals surface area contributed by atoms with Crippen LogP contribution in [0.2, 0.25) is 5.02 Å². The summed E-state index contributed by atoms with van der Waals surface area (Å²) < 4.78 is 42.9. The van der Waals surface area contributed by atoms with E-state index in [1.807, 2.05) is 4.90 Å². The third-order valence-corrected chi connectivity index (χ3v) is 8.86. The first-order valence-electron chi connectivity index (χ1n) is 16.3. The first-order valence-corrected chi connectivity index (χ1v) is 17.5. The van der Waals surface area contributed by atoms with Crippen LogP contribution in [0.15, 0.2) is 18.2 Å². The van der Waals surface area contributed by atoms with Gasteiger partial charge in [-0.2, -0.15) is 4.98 Å². The molecule has 1 aliphatic rings. The number of aromatic nitrogens is 3. The van der Waals surface area contributed by atoms with Crippen LogP contribution in [0.4, 0.5) is 35.3 Å². The Hall–Kier alpha value is -4.57. The second-order valence-electron chi connectivity index (χ2n) is 14.2. The molecule has 0 radical (unpaired) electrons. The molecule has 1 saturated heterocycles. The first-order chi connectivity index (χ1) is 23.8. The van der Waals surface area contributed by atoms with E-state index in [2.05, 4.69) is 20.6 Å². The number of amides is 3. The summed E-state index contributed by atoms with van der Waals surface area (Å²) in [4.78, 5) is 56.0. The van der Waals surface area contributed by atoms with Crippen molar-refractivity contribution in [2.75, 3.05) is 62.4 Å². The Bertz CT molecular complexity index is 1990. The van der Waals surface area contributed by atoms with Crippen molar-refractivity contribution < 1.29 is 32.6 Å². The molecule has 2 N–H and O–H groups in total. The Labute approximate surface area is 303 Å². The van der Waals surface area contributed by atoms with Gasteiger partial charge in [0.1, 0.15) is 28.4 Å². The van der Waals surface area contributed by atoms with Crippen LogP contribution in [-0.4, -0.2) is 101 Å². The molecule has 2 aromatic heterocycles. The maximum absolute atomic E-state index is 16.9. The van der Waals surface area contributed by atoms with Crippen molar-refractivity contribution in [3.63, 3.8) is 0 Å². The summed E-state index contributed by atoms with van der Waals surface area (Å²) in [7, 11) is 3.30. The number of hydrogen-bond acceptors (Lipinski definition) is 11. The molecule has 1 fully saturated rings. The van der Waals surface area contributed by atoms with E-state index in [-0.39, 0.29) is 61.8 Å². The van der Waals surface area contributed by atoms with Crippen molar-refractivity contribution in [3.05, 3.63) is 34.9 Å². The summed E-state index contributed by atoms with van der Waals surface area (Å²) in [5, 5.41) is 5.92. The van der Waals surface area contributed by atoms with Gasteiger partial charge in [-0.15, -0.1) is 0 Å². The summed E-state index contributed by atoms with van der Waals surface area (Å²) in [5.41, 5.74) is -1.31. The lowest BCUT2D eigenvalue weighted by atomic mass is 10.0. The van der Waals surface area contributed by atoms with Gasteiger partial charge in [-0.25, -0.2) is 28.3 Å². The highest BCUT2D eigenvalue weighted by Crippen LogP contribution is 2.43. The van der Waals surface area contributed by atoms with E-state index in [9.17, 15) is 14.4 Å². The van der Waals surface area contributed by atoms with Crippen LogP contribution >= 0.6 is 22.9 Å². The average molecular weight is 747 g/mol. The molecule has 2 aromatic carbocycles. The summed E-state index contributed by atoms with van der Waals surface area (Å²) in [6.45, 7) is 12.1. The molecule has 3 amide bonds. The Morgan fingerprint density at radius 2 is 1.63 bits per heavy atom. The van der Waals surface area contributed by atoms with Crippen molar-refractivity contribution in [1.29, 1.82) is 0 Å². The number of nitrogens with one attached hydrogen (secondary N) is 2. The van der Waals surface area contributed by atoms with Gasteiger partial charge in [-0.05, 0) is 59.7 Å². The fourth-order valence-electron chi connectivity index (χ4n) is 5.30. The summed E-state index contributed by atoms with van der Waals surface area (Å²) in [6, 6.07) is 4.10. The molecule has 1 aliphatic heterocycles. The number of rotatable bonds is 7. The van der Waals surface area contributed by atoms with Gasteiger partial charge in [0.25, 0.3) is 0 Å². The predicted molar refractivity (Wildman–Crippen MR) is 195 cm³/mol. The van der Waals surface area contributed by atoms with Gasteiger partial charge in [0.2, 0.25) is 11.9 Å². The highest BCUT2D eigenvalue weighted by Gasteiger charge is 2.30. The van der Waals surface area contributed by atoms with Crippen LogP contribution in [0.25, 0.3) is 32.2 Å². The van der Waals surface area contributed by atoms with Crippen molar-refractivity contribution in [1.82, 2.24) is 24.8 Å². The van der Waals surface area contributed by atoms with Gasteiger partial charge >= 0.3 is 12.2 Å². The van der Waals surface area contributed by atoms with E-state index in [1.165, 1.54) is 17.0 Å². The number of carbonyl (C=O) groups is 3. The second kappa shape index (κ2) is 14.6. The number of anilines is 3. The normalized spacial score (nSPS) is 13.8. The molecule has 5 rings (SSSR count). The Morgan fingerprint density at radius 1 is 0.961 bits per heavy atom. The quantitative estimate of drug-likeness (QED) is 0.201. The van der Waals surface area contributed by atoms with Gasteiger partial charge in [-0.3, -0.25) is 10.1 Å². The van der Waals surface area contributed by atoms with E-state index < -0.39 is 35.0 Å². The number of carbonyl (C=O) groups excluding carboxylic acids is 3. The maximum atomic E-state index is 16.9. The third kappa shape index (κ3) is 8.84. The van der Waals surface area contributed by atoms with Crippen LogP contribution in [0, 0.1) is 11.6 Å². The third-order valence-electron chi connectivity index (χ3n) is 7.59. The fourth-order valence-corrected chi connectivity index (χ4v) is 6.48. The van der Waals surface area contributed by atoms with Gasteiger partial charge in [0.15, 0.2) is 10.9 Å². The van der Waals surface area contributed by atoms with Crippen LogP contribution in [0.3, 0.4) is 0 Å². The smallest absolute Gasteiger partial charge is 0.413 e. The molecule has 0 atom stereocenters. The molecular formula is C34H41ClF2N8O5S. The number of halogens is 3. The number of benzene rings is 2.